The number of aromatic nitrogens is 2. The van der Waals surface area contributed by atoms with Crippen molar-refractivity contribution in [3.05, 3.63) is 17.0 Å². The lowest BCUT2D eigenvalue weighted by Gasteiger charge is -2.15. The molecule has 78 valence electrons. The Labute approximate surface area is 83.9 Å². The van der Waals surface area contributed by atoms with Gasteiger partial charge in [0.2, 0.25) is 0 Å². The van der Waals surface area contributed by atoms with E-state index >= 15 is 0 Å². The Morgan fingerprint density at radius 3 is 3.14 bits per heavy atom. The van der Waals surface area contributed by atoms with E-state index in [1.807, 2.05) is 4.68 Å². The van der Waals surface area contributed by atoms with Gasteiger partial charge in [0.15, 0.2) is 0 Å². The van der Waals surface area contributed by atoms with E-state index < -0.39 is 0 Å². The zero-order valence-electron chi connectivity index (χ0n) is 8.58. The van der Waals surface area contributed by atoms with Crippen LogP contribution in [0.5, 0.6) is 0 Å². The Bertz CT molecular complexity index is 319. The predicted octanol–water partition coefficient (Wildman–Crippen LogP) is 0.0835. The van der Waals surface area contributed by atoms with Gasteiger partial charge in [-0.05, 0) is 24.9 Å². The molecule has 2 N–H and O–H groups in total. The molecule has 0 spiro atoms. The van der Waals surface area contributed by atoms with Gasteiger partial charge in [0.05, 0.1) is 24.5 Å². The number of hydrogen-bond donors (Lipinski definition) is 2. The van der Waals surface area contributed by atoms with E-state index in [0.29, 0.717) is 6.54 Å². The first kappa shape index (κ1) is 9.68. The molecule has 0 saturated carbocycles. The molecule has 1 aromatic heterocycles. The van der Waals surface area contributed by atoms with Gasteiger partial charge in [0.25, 0.3) is 0 Å². The molecule has 0 aromatic carbocycles. The van der Waals surface area contributed by atoms with Crippen LogP contribution >= 0.6 is 0 Å². The van der Waals surface area contributed by atoms with E-state index in [-0.39, 0.29) is 6.61 Å². The summed E-state index contributed by atoms with van der Waals surface area (Å²) in [6, 6.07) is 0. The summed E-state index contributed by atoms with van der Waals surface area (Å²) in [5.41, 5.74) is 3.87. The summed E-state index contributed by atoms with van der Waals surface area (Å²) in [4.78, 5) is 0. The molecule has 1 aliphatic rings. The van der Waals surface area contributed by atoms with Crippen LogP contribution in [0, 0.1) is 0 Å². The van der Waals surface area contributed by atoms with Gasteiger partial charge in [-0.15, -0.1) is 0 Å². The van der Waals surface area contributed by atoms with E-state index in [1.54, 1.807) is 0 Å². The summed E-state index contributed by atoms with van der Waals surface area (Å²) in [6.07, 6.45) is 2.06. The molecule has 0 fully saturated rings. The van der Waals surface area contributed by atoms with Gasteiger partial charge in [-0.25, -0.2) is 0 Å². The van der Waals surface area contributed by atoms with Crippen LogP contribution in [0.2, 0.25) is 0 Å². The Balaban J connectivity index is 2.36. The van der Waals surface area contributed by atoms with Gasteiger partial charge in [0, 0.05) is 6.54 Å². The largest absolute Gasteiger partial charge is 0.394 e. The number of nitrogens with zero attached hydrogens (tertiary/aromatic N) is 2. The maximum absolute atomic E-state index is 8.92. The molecule has 0 unspecified atom stereocenters. The minimum absolute atomic E-state index is 0.164. The first-order chi connectivity index (χ1) is 6.86. The molecular formula is C10H17N3O. The third-order valence-corrected chi connectivity index (χ3v) is 2.74. The Morgan fingerprint density at radius 1 is 1.57 bits per heavy atom. The van der Waals surface area contributed by atoms with Gasteiger partial charge >= 0.3 is 0 Å². The summed E-state index contributed by atoms with van der Waals surface area (Å²) in [7, 11) is 0. The average molecular weight is 195 g/mol. The van der Waals surface area contributed by atoms with Crippen molar-refractivity contribution in [1.29, 1.82) is 0 Å². The molecular weight excluding hydrogens is 178 g/mol. The van der Waals surface area contributed by atoms with Crippen LogP contribution < -0.4 is 5.32 Å². The van der Waals surface area contributed by atoms with E-state index in [1.165, 1.54) is 17.0 Å². The van der Waals surface area contributed by atoms with Gasteiger partial charge in [-0.1, -0.05) is 6.92 Å². The summed E-state index contributed by atoms with van der Waals surface area (Å²) in [6.45, 7) is 4.85. The van der Waals surface area contributed by atoms with Crippen LogP contribution in [0.4, 0.5) is 0 Å². The standard InChI is InChI=1S/C10H17N3O/c1-2-9-8-3-4-11-7-10(8)13(12-9)5-6-14/h11,14H,2-7H2,1H3. The number of rotatable bonds is 3. The maximum Gasteiger partial charge on any atom is 0.0657 e. The van der Waals surface area contributed by atoms with Crippen LogP contribution in [0.1, 0.15) is 23.9 Å². The molecule has 0 amide bonds. The van der Waals surface area contributed by atoms with Crippen LogP contribution in [-0.4, -0.2) is 28.0 Å². The summed E-state index contributed by atoms with van der Waals surface area (Å²) >= 11 is 0. The highest BCUT2D eigenvalue weighted by atomic mass is 16.3. The number of aliphatic hydroxyl groups excluding tert-OH is 1. The van der Waals surface area contributed by atoms with Crippen molar-refractivity contribution < 1.29 is 5.11 Å². The Morgan fingerprint density at radius 2 is 2.43 bits per heavy atom. The lowest BCUT2D eigenvalue weighted by molar-refractivity contribution is 0.266. The van der Waals surface area contributed by atoms with Crippen LogP contribution in [0.15, 0.2) is 0 Å². The van der Waals surface area contributed by atoms with Crippen molar-refractivity contribution in [2.75, 3.05) is 13.2 Å². The van der Waals surface area contributed by atoms with Crippen LogP contribution in [-0.2, 0) is 25.9 Å². The zero-order chi connectivity index (χ0) is 9.97. The molecule has 2 rings (SSSR count). The fourth-order valence-electron chi connectivity index (χ4n) is 2.06. The highest BCUT2D eigenvalue weighted by Crippen LogP contribution is 2.18. The van der Waals surface area contributed by atoms with E-state index in [9.17, 15) is 0 Å². The van der Waals surface area contributed by atoms with E-state index in [0.717, 1.165) is 25.9 Å². The lowest BCUT2D eigenvalue weighted by Crippen LogP contribution is -2.25. The normalized spacial score (nSPS) is 15.6. The topological polar surface area (TPSA) is 50.1 Å². The number of hydrogen-bond acceptors (Lipinski definition) is 3. The Kier molecular flexibility index (Phi) is 2.84. The second kappa shape index (κ2) is 4.11. The second-order valence-corrected chi connectivity index (χ2v) is 3.60. The third kappa shape index (κ3) is 1.55. The highest BCUT2D eigenvalue weighted by Gasteiger charge is 2.18. The fraction of sp³-hybridized carbons (Fsp3) is 0.700. The van der Waals surface area contributed by atoms with Gasteiger partial charge in [0.1, 0.15) is 0 Å². The summed E-state index contributed by atoms with van der Waals surface area (Å²) < 4.78 is 1.94. The minimum Gasteiger partial charge on any atom is -0.394 e. The lowest BCUT2D eigenvalue weighted by atomic mass is 10.0. The monoisotopic (exact) mass is 195 g/mol. The maximum atomic E-state index is 8.92. The van der Waals surface area contributed by atoms with Crippen molar-refractivity contribution in [3.63, 3.8) is 0 Å². The molecule has 0 aliphatic carbocycles. The molecule has 4 nitrogen and oxygen atoms in total. The second-order valence-electron chi connectivity index (χ2n) is 3.60. The highest BCUT2D eigenvalue weighted by molar-refractivity contribution is 5.28. The zero-order valence-corrected chi connectivity index (χ0v) is 8.58. The molecule has 1 aromatic rings. The predicted molar refractivity (Wildman–Crippen MR) is 54.1 cm³/mol. The number of aryl methyl sites for hydroxylation is 1. The molecule has 14 heavy (non-hydrogen) atoms. The number of nitrogens with one attached hydrogen (secondary N) is 1. The molecule has 4 heteroatoms. The number of aliphatic hydroxyl groups is 1. The minimum atomic E-state index is 0.164. The quantitative estimate of drug-likeness (QED) is 0.718. The smallest absolute Gasteiger partial charge is 0.0657 e. The van der Waals surface area contributed by atoms with Crippen molar-refractivity contribution >= 4 is 0 Å². The van der Waals surface area contributed by atoms with Gasteiger partial charge in [-0.3, -0.25) is 4.68 Å². The van der Waals surface area contributed by atoms with Crippen molar-refractivity contribution in [2.24, 2.45) is 0 Å². The number of fused-ring (bicyclic) bond motifs is 1. The molecule has 0 atom stereocenters. The molecule has 2 heterocycles. The third-order valence-electron chi connectivity index (χ3n) is 2.74. The van der Waals surface area contributed by atoms with Gasteiger partial charge < -0.3 is 10.4 Å². The van der Waals surface area contributed by atoms with Crippen molar-refractivity contribution in [2.45, 2.75) is 32.9 Å². The molecule has 0 radical (unpaired) electrons. The first-order valence-corrected chi connectivity index (χ1v) is 5.25. The molecule has 0 bridgehead atoms. The van der Waals surface area contributed by atoms with Crippen LogP contribution in [0.3, 0.4) is 0 Å². The van der Waals surface area contributed by atoms with Crippen molar-refractivity contribution in [3.8, 4) is 0 Å². The summed E-state index contributed by atoms with van der Waals surface area (Å²) in [5.74, 6) is 0. The van der Waals surface area contributed by atoms with E-state index in [4.69, 9.17) is 5.11 Å². The molecule has 0 saturated heterocycles. The van der Waals surface area contributed by atoms with Gasteiger partial charge in [-0.2, -0.15) is 5.10 Å². The van der Waals surface area contributed by atoms with Crippen molar-refractivity contribution in [1.82, 2.24) is 15.1 Å². The average Bonchev–Trinajstić information content (AvgIpc) is 2.58. The SMILES string of the molecule is CCc1nn(CCO)c2c1CCNC2. The Hall–Kier alpha value is -0.870. The summed E-state index contributed by atoms with van der Waals surface area (Å²) in [5, 5.41) is 16.8. The first-order valence-electron chi connectivity index (χ1n) is 5.25. The van der Waals surface area contributed by atoms with Crippen LogP contribution in [0.25, 0.3) is 0 Å². The van der Waals surface area contributed by atoms with E-state index in [2.05, 4.69) is 17.3 Å². The fourth-order valence-corrected chi connectivity index (χ4v) is 2.06. The molecule has 1 aliphatic heterocycles.